The standard InChI is InChI=1S/C9H12F3NO3/c1-13(2)5-6(8(15)16-3)7(14)4-9(10,11)12/h5H,4H2,1-3H3/b6-5+. The predicted molar refractivity (Wildman–Crippen MR) is 49.5 cm³/mol. The van der Waals surface area contributed by atoms with Crippen molar-refractivity contribution in [1.82, 2.24) is 4.90 Å². The summed E-state index contributed by atoms with van der Waals surface area (Å²) in [5.41, 5.74) is -0.621. The van der Waals surface area contributed by atoms with Gasteiger partial charge in [-0.25, -0.2) is 4.79 Å². The van der Waals surface area contributed by atoms with E-state index in [2.05, 4.69) is 4.74 Å². The Morgan fingerprint density at radius 1 is 1.31 bits per heavy atom. The highest BCUT2D eigenvalue weighted by Crippen LogP contribution is 2.22. The average Bonchev–Trinajstić information content (AvgIpc) is 2.09. The van der Waals surface area contributed by atoms with Gasteiger partial charge in [0, 0.05) is 20.3 Å². The monoisotopic (exact) mass is 239 g/mol. The Labute approximate surface area is 90.7 Å². The lowest BCUT2D eigenvalue weighted by Crippen LogP contribution is -2.23. The van der Waals surface area contributed by atoms with Crippen LogP contribution in [0.25, 0.3) is 0 Å². The van der Waals surface area contributed by atoms with E-state index in [0.717, 1.165) is 13.3 Å². The molecule has 0 fully saturated rings. The number of hydrogen-bond acceptors (Lipinski definition) is 4. The molecule has 0 unspecified atom stereocenters. The third-order valence-electron chi connectivity index (χ3n) is 1.45. The van der Waals surface area contributed by atoms with E-state index in [9.17, 15) is 22.8 Å². The molecule has 0 aromatic heterocycles. The van der Waals surface area contributed by atoms with Gasteiger partial charge in [0.15, 0.2) is 5.78 Å². The van der Waals surface area contributed by atoms with Crippen molar-refractivity contribution in [3.8, 4) is 0 Å². The fourth-order valence-electron chi connectivity index (χ4n) is 0.884. The van der Waals surface area contributed by atoms with Crippen LogP contribution in [0.1, 0.15) is 6.42 Å². The van der Waals surface area contributed by atoms with E-state index in [-0.39, 0.29) is 0 Å². The fourth-order valence-corrected chi connectivity index (χ4v) is 0.884. The van der Waals surface area contributed by atoms with E-state index in [1.807, 2.05) is 0 Å². The van der Waals surface area contributed by atoms with E-state index in [0.29, 0.717) is 0 Å². The van der Waals surface area contributed by atoms with Crippen molar-refractivity contribution in [2.24, 2.45) is 0 Å². The van der Waals surface area contributed by atoms with Gasteiger partial charge in [0.1, 0.15) is 12.0 Å². The van der Waals surface area contributed by atoms with Crippen molar-refractivity contribution < 1.29 is 27.5 Å². The molecule has 4 nitrogen and oxygen atoms in total. The van der Waals surface area contributed by atoms with Crippen molar-refractivity contribution >= 4 is 11.8 Å². The van der Waals surface area contributed by atoms with Gasteiger partial charge in [-0.1, -0.05) is 0 Å². The highest BCUT2D eigenvalue weighted by atomic mass is 19.4. The van der Waals surface area contributed by atoms with Crippen LogP contribution in [0, 0.1) is 0 Å². The first-order valence-corrected chi connectivity index (χ1v) is 4.24. The molecule has 0 amide bonds. The maximum absolute atomic E-state index is 12.0. The first-order chi connectivity index (χ1) is 7.17. The minimum atomic E-state index is -4.64. The lowest BCUT2D eigenvalue weighted by Gasteiger charge is -2.10. The zero-order chi connectivity index (χ0) is 12.9. The van der Waals surface area contributed by atoms with Crippen molar-refractivity contribution in [2.75, 3.05) is 21.2 Å². The molecular weight excluding hydrogens is 227 g/mol. The number of ketones is 1. The number of methoxy groups -OCH3 is 1. The van der Waals surface area contributed by atoms with Crippen LogP contribution in [0.15, 0.2) is 11.8 Å². The number of Topliss-reactive ketones (excluding diaryl/α,β-unsaturated/α-hetero) is 1. The second-order valence-corrected chi connectivity index (χ2v) is 3.21. The Hall–Kier alpha value is -1.53. The van der Waals surface area contributed by atoms with Gasteiger partial charge in [-0.15, -0.1) is 0 Å². The zero-order valence-corrected chi connectivity index (χ0v) is 9.09. The van der Waals surface area contributed by atoms with Crippen LogP contribution < -0.4 is 0 Å². The van der Waals surface area contributed by atoms with Crippen LogP contribution in [-0.2, 0) is 14.3 Å². The van der Waals surface area contributed by atoms with E-state index in [1.165, 1.54) is 19.0 Å². The van der Waals surface area contributed by atoms with Gasteiger partial charge in [0.2, 0.25) is 0 Å². The van der Waals surface area contributed by atoms with Gasteiger partial charge in [0.25, 0.3) is 0 Å². The van der Waals surface area contributed by atoms with Crippen molar-refractivity contribution in [3.05, 3.63) is 11.8 Å². The summed E-state index contributed by atoms with van der Waals surface area (Å²) in [6.07, 6.45) is -5.32. The van der Waals surface area contributed by atoms with Gasteiger partial charge in [-0.3, -0.25) is 4.79 Å². The SMILES string of the molecule is COC(=O)/C(=C/N(C)C)C(=O)CC(F)(F)F. The van der Waals surface area contributed by atoms with Crippen LogP contribution in [0.5, 0.6) is 0 Å². The van der Waals surface area contributed by atoms with Crippen LogP contribution in [0.2, 0.25) is 0 Å². The Morgan fingerprint density at radius 2 is 1.81 bits per heavy atom. The summed E-state index contributed by atoms with van der Waals surface area (Å²) in [6.45, 7) is 0. The largest absolute Gasteiger partial charge is 0.465 e. The molecule has 0 atom stereocenters. The minimum Gasteiger partial charge on any atom is -0.465 e. The summed E-state index contributed by atoms with van der Waals surface area (Å²) in [6, 6.07) is 0. The first-order valence-electron chi connectivity index (χ1n) is 4.24. The summed E-state index contributed by atoms with van der Waals surface area (Å²) in [4.78, 5) is 23.5. The molecular formula is C9H12F3NO3. The molecule has 0 aromatic carbocycles. The van der Waals surface area contributed by atoms with Crippen molar-refractivity contribution in [1.29, 1.82) is 0 Å². The molecule has 0 aliphatic rings. The number of esters is 1. The molecule has 0 saturated carbocycles. The fraction of sp³-hybridized carbons (Fsp3) is 0.556. The number of halogens is 3. The summed E-state index contributed by atoms with van der Waals surface area (Å²) in [7, 11) is 3.94. The molecule has 0 aliphatic heterocycles. The molecule has 92 valence electrons. The zero-order valence-electron chi connectivity index (χ0n) is 9.09. The van der Waals surface area contributed by atoms with Gasteiger partial charge in [0.05, 0.1) is 7.11 Å². The van der Waals surface area contributed by atoms with Crippen LogP contribution >= 0.6 is 0 Å². The van der Waals surface area contributed by atoms with Crippen molar-refractivity contribution in [3.63, 3.8) is 0 Å². The third-order valence-corrected chi connectivity index (χ3v) is 1.45. The molecule has 0 aromatic rings. The number of rotatable bonds is 4. The molecule has 0 bridgehead atoms. The molecule has 0 aliphatic carbocycles. The van der Waals surface area contributed by atoms with E-state index in [1.54, 1.807) is 0 Å². The highest BCUT2D eigenvalue weighted by Gasteiger charge is 2.34. The number of carbonyl (C=O) groups excluding carboxylic acids is 2. The topological polar surface area (TPSA) is 46.6 Å². The van der Waals surface area contributed by atoms with Gasteiger partial charge >= 0.3 is 12.1 Å². The van der Waals surface area contributed by atoms with Crippen LogP contribution in [0.3, 0.4) is 0 Å². The Morgan fingerprint density at radius 3 is 2.12 bits per heavy atom. The second-order valence-electron chi connectivity index (χ2n) is 3.21. The maximum Gasteiger partial charge on any atom is 0.396 e. The summed E-state index contributed by atoms with van der Waals surface area (Å²) >= 11 is 0. The summed E-state index contributed by atoms with van der Waals surface area (Å²) < 4.78 is 40.1. The Kier molecular flexibility index (Phi) is 5.00. The molecule has 0 N–H and O–H groups in total. The normalized spacial score (nSPS) is 12.2. The summed E-state index contributed by atoms with van der Waals surface area (Å²) in [5.74, 6) is -2.39. The quantitative estimate of drug-likeness (QED) is 0.319. The lowest BCUT2D eigenvalue weighted by atomic mass is 10.1. The molecule has 0 spiro atoms. The van der Waals surface area contributed by atoms with E-state index < -0.39 is 29.9 Å². The Bertz CT molecular complexity index is 308. The second kappa shape index (κ2) is 5.53. The van der Waals surface area contributed by atoms with Gasteiger partial charge in [-0.05, 0) is 0 Å². The molecule has 0 radical (unpaired) electrons. The smallest absolute Gasteiger partial charge is 0.396 e. The number of ether oxygens (including phenoxy) is 1. The lowest BCUT2D eigenvalue weighted by molar-refractivity contribution is -0.151. The average molecular weight is 239 g/mol. The van der Waals surface area contributed by atoms with Crippen molar-refractivity contribution in [2.45, 2.75) is 12.6 Å². The number of nitrogens with zero attached hydrogens (tertiary/aromatic N) is 1. The molecule has 0 saturated heterocycles. The minimum absolute atomic E-state index is 0.621. The van der Waals surface area contributed by atoms with Crippen LogP contribution in [-0.4, -0.2) is 44.0 Å². The van der Waals surface area contributed by atoms with Gasteiger partial charge < -0.3 is 9.64 Å². The molecule has 16 heavy (non-hydrogen) atoms. The molecule has 0 heterocycles. The Balaban J connectivity index is 4.93. The number of alkyl halides is 3. The van der Waals surface area contributed by atoms with E-state index >= 15 is 0 Å². The first kappa shape index (κ1) is 14.5. The van der Waals surface area contributed by atoms with Gasteiger partial charge in [-0.2, -0.15) is 13.2 Å². The van der Waals surface area contributed by atoms with Crippen LogP contribution in [0.4, 0.5) is 13.2 Å². The molecule has 7 heteroatoms. The third kappa shape index (κ3) is 5.38. The number of hydrogen-bond donors (Lipinski definition) is 0. The predicted octanol–water partition coefficient (Wildman–Crippen LogP) is 1.13. The molecule has 0 rings (SSSR count). The summed E-state index contributed by atoms with van der Waals surface area (Å²) in [5, 5.41) is 0. The number of carbonyl (C=O) groups is 2. The maximum atomic E-state index is 12.0. The highest BCUT2D eigenvalue weighted by molar-refractivity contribution is 6.17. The van der Waals surface area contributed by atoms with E-state index in [4.69, 9.17) is 0 Å².